The Bertz CT molecular complexity index is 649. The van der Waals surface area contributed by atoms with Crippen LogP contribution in [0.15, 0.2) is 45.9 Å². The molecule has 3 nitrogen and oxygen atoms in total. The molecule has 0 aliphatic heterocycles. The minimum Gasteiger partial charge on any atom is -0.265 e. The second kappa shape index (κ2) is 4.43. The predicted octanol–water partition coefficient (Wildman–Crippen LogP) is 3.55. The Kier molecular flexibility index (Phi) is 2.78. The first-order valence-corrected chi connectivity index (χ1v) is 6.77. The van der Waals surface area contributed by atoms with E-state index in [9.17, 15) is 0 Å². The van der Waals surface area contributed by atoms with Crippen molar-refractivity contribution in [1.82, 2.24) is 15.0 Å². The smallest absolute Gasteiger partial charge is 0.157 e. The Morgan fingerprint density at radius 2 is 1.88 bits per heavy atom. The summed E-state index contributed by atoms with van der Waals surface area (Å²) in [7, 11) is 0. The summed E-state index contributed by atoms with van der Waals surface area (Å²) in [6.07, 6.45) is 3.58. The van der Waals surface area contributed by atoms with Gasteiger partial charge in [-0.25, -0.2) is 9.97 Å². The van der Waals surface area contributed by atoms with Gasteiger partial charge < -0.3 is 0 Å². The van der Waals surface area contributed by atoms with E-state index in [2.05, 4.69) is 15.0 Å². The molecule has 0 aliphatic rings. The molecule has 0 aliphatic carbocycles. The first-order valence-electron chi connectivity index (χ1n) is 5.13. The third kappa shape index (κ3) is 2.30. The van der Waals surface area contributed by atoms with Crippen molar-refractivity contribution in [3.8, 4) is 0 Å². The van der Waals surface area contributed by atoms with Gasteiger partial charge in [0.1, 0.15) is 10.3 Å². The highest BCUT2D eigenvalue weighted by molar-refractivity contribution is 8.01. The molecular formula is C12H9N3S2. The summed E-state index contributed by atoms with van der Waals surface area (Å²) in [4.78, 5) is 15.2. The first-order chi connectivity index (χ1) is 8.31. The van der Waals surface area contributed by atoms with Gasteiger partial charge in [0, 0.05) is 23.0 Å². The molecule has 3 heterocycles. The van der Waals surface area contributed by atoms with Gasteiger partial charge in [0.2, 0.25) is 0 Å². The fourth-order valence-electron chi connectivity index (χ4n) is 1.44. The lowest BCUT2D eigenvalue weighted by Gasteiger charge is -1.93. The van der Waals surface area contributed by atoms with Crippen LogP contribution in [0.4, 0.5) is 0 Å². The summed E-state index contributed by atoms with van der Waals surface area (Å²) < 4.78 is 1.02. The van der Waals surface area contributed by atoms with E-state index in [0.717, 1.165) is 25.3 Å². The molecule has 3 aromatic heterocycles. The summed E-state index contributed by atoms with van der Waals surface area (Å²) in [6, 6.07) is 7.97. The number of aromatic nitrogens is 3. The van der Waals surface area contributed by atoms with Crippen LogP contribution in [0.5, 0.6) is 0 Å². The average molecular weight is 259 g/mol. The normalized spacial score (nSPS) is 10.9. The van der Waals surface area contributed by atoms with Crippen LogP contribution in [-0.4, -0.2) is 15.0 Å². The molecule has 0 fully saturated rings. The van der Waals surface area contributed by atoms with Gasteiger partial charge in [-0.05, 0) is 31.2 Å². The number of aryl methyl sites for hydroxylation is 1. The highest BCUT2D eigenvalue weighted by Crippen LogP contribution is 2.33. The number of hydrogen-bond donors (Lipinski definition) is 0. The fraction of sp³-hybridized carbons (Fsp3) is 0.0833. The average Bonchev–Trinajstić information content (AvgIpc) is 2.71. The zero-order valence-corrected chi connectivity index (χ0v) is 10.8. The fourth-order valence-corrected chi connectivity index (χ4v) is 3.45. The van der Waals surface area contributed by atoms with Gasteiger partial charge in [-0.3, -0.25) is 4.98 Å². The third-order valence-corrected chi connectivity index (χ3v) is 4.26. The molecule has 0 atom stereocenters. The Hall–Kier alpha value is -1.46. The molecule has 3 rings (SSSR count). The lowest BCUT2D eigenvalue weighted by molar-refractivity contribution is 1.23. The molecular weight excluding hydrogens is 250 g/mol. The molecule has 3 aromatic rings. The third-order valence-electron chi connectivity index (χ3n) is 2.23. The molecule has 0 bridgehead atoms. The summed E-state index contributed by atoms with van der Waals surface area (Å²) in [5.41, 5.74) is 2.00. The van der Waals surface area contributed by atoms with E-state index in [1.54, 1.807) is 35.5 Å². The number of fused-ring (bicyclic) bond motifs is 1. The van der Waals surface area contributed by atoms with Crippen molar-refractivity contribution in [2.45, 2.75) is 16.2 Å². The van der Waals surface area contributed by atoms with Crippen molar-refractivity contribution in [2.75, 3.05) is 0 Å². The lowest BCUT2D eigenvalue weighted by atomic mass is 10.4. The van der Waals surface area contributed by atoms with Crippen molar-refractivity contribution in [3.63, 3.8) is 0 Å². The summed E-state index contributed by atoms with van der Waals surface area (Å²) >= 11 is 3.27. The SMILES string of the molecule is Cc1ccc2nc(Sc3ccncc3)sc2n1. The van der Waals surface area contributed by atoms with Gasteiger partial charge in [-0.1, -0.05) is 23.1 Å². The Labute approximate surface area is 107 Å². The number of thiazole rings is 1. The number of hydrogen-bond acceptors (Lipinski definition) is 5. The minimum absolute atomic E-state index is 0.970. The number of nitrogens with zero attached hydrogens (tertiary/aromatic N) is 3. The van der Waals surface area contributed by atoms with E-state index < -0.39 is 0 Å². The zero-order valence-electron chi connectivity index (χ0n) is 9.12. The minimum atomic E-state index is 0.970. The number of rotatable bonds is 2. The van der Waals surface area contributed by atoms with Gasteiger partial charge >= 0.3 is 0 Å². The molecule has 0 radical (unpaired) electrons. The van der Waals surface area contributed by atoms with Crippen LogP contribution in [0.1, 0.15) is 5.69 Å². The van der Waals surface area contributed by atoms with Crippen LogP contribution in [0.3, 0.4) is 0 Å². The summed E-state index contributed by atoms with van der Waals surface area (Å²) in [5.74, 6) is 0. The quantitative estimate of drug-likeness (QED) is 0.705. The molecule has 0 unspecified atom stereocenters. The second-order valence-electron chi connectivity index (χ2n) is 3.54. The topological polar surface area (TPSA) is 38.7 Å². The number of pyridine rings is 2. The van der Waals surface area contributed by atoms with Crippen LogP contribution < -0.4 is 0 Å². The van der Waals surface area contributed by atoms with Gasteiger partial charge in [-0.15, -0.1) is 0 Å². The molecule has 5 heteroatoms. The molecule has 17 heavy (non-hydrogen) atoms. The van der Waals surface area contributed by atoms with Crippen LogP contribution in [0, 0.1) is 6.92 Å². The summed E-state index contributed by atoms with van der Waals surface area (Å²) in [6.45, 7) is 1.99. The van der Waals surface area contributed by atoms with Crippen molar-refractivity contribution in [3.05, 3.63) is 42.4 Å². The maximum atomic E-state index is 4.55. The van der Waals surface area contributed by atoms with E-state index in [1.807, 2.05) is 31.2 Å². The van der Waals surface area contributed by atoms with Crippen LogP contribution in [0.2, 0.25) is 0 Å². The molecule has 0 aromatic carbocycles. The van der Waals surface area contributed by atoms with Crippen molar-refractivity contribution < 1.29 is 0 Å². The Morgan fingerprint density at radius 3 is 2.71 bits per heavy atom. The largest absolute Gasteiger partial charge is 0.265 e. The first kappa shape index (κ1) is 10.7. The van der Waals surface area contributed by atoms with E-state index in [0.29, 0.717) is 0 Å². The monoisotopic (exact) mass is 259 g/mol. The second-order valence-corrected chi connectivity index (χ2v) is 5.84. The van der Waals surface area contributed by atoms with Gasteiger partial charge in [-0.2, -0.15) is 0 Å². The predicted molar refractivity (Wildman–Crippen MR) is 70.5 cm³/mol. The van der Waals surface area contributed by atoms with Gasteiger partial charge in [0.15, 0.2) is 4.34 Å². The van der Waals surface area contributed by atoms with Gasteiger partial charge in [0.25, 0.3) is 0 Å². The molecule has 0 saturated carbocycles. The zero-order chi connectivity index (χ0) is 11.7. The van der Waals surface area contributed by atoms with E-state index in [1.165, 1.54) is 0 Å². The molecule has 84 valence electrons. The Morgan fingerprint density at radius 1 is 1.06 bits per heavy atom. The van der Waals surface area contributed by atoms with E-state index >= 15 is 0 Å². The maximum absolute atomic E-state index is 4.55. The van der Waals surface area contributed by atoms with Crippen LogP contribution >= 0.6 is 23.1 Å². The Balaban J connectivity index is 1.96. The highest BCUT2D eigenvalue weighted by Gasteiger charge is 2.06. The molecule has 0 amide bonds. The standard InChI is InChI=1S/C12H9N3S2/c1-8-2-3-10-11(14-8)17-12(15-10)16-9-4-6-13-7-5-9/h2-7H,1H3. The lowest BCUT2D eigenvalue weighted by Crippen LogP contribution is -1.77. The van der Waals surface area contributed by atoms with E-state index in [-0.39, 0.29) is 0 Å². The molecule has 0 N–H and O–H groups in total. The van der Waals surface area contributed by atoms with Crippen molar-refractivity contribution in [2.24, 2.45) is 0 Å². The maximum Gasteiger partial charge on any atom is 0.157 e. The van der Waals surface area contributed by atoms with Crippen LogP contribution in [0.25, 0.3) is 10.3 Å². The molecule has 0 spiro atoms. The summed E-state index contributed by atoms with van der Waals surface area (Å²) in [5, 5.41) is 0. The molecule has 0 saturated heterocycles. The van der Waals surface area contributed by atoms with Gasteiger partial charge in [0.05, 0.1) is 0 Å². The highest BCUT2D eigenvalue weighted by atomic mass is 32.2. The van der Waals surface area contributed by atoms with Crippen molar-refractivity contribution in [1.29, 1.82) is 0 Å². The van der Waals surface area contributed by atoms with Crippen molar-refractivity contribution >= 4 is 33.4 Å². The van der Waals surface area contributed by atoms with E-state index in [4.69, 9.17) is 0 Å². The van der Waals surface area contributed by atoms with Crippen LogP contribution in [-0.2, 0) is 0 Å².